The monoisotopic (exact) mass is 289 g/mol. The van der Waals surface area contributed by atoms with Crippen LogP contribution in [0.4, 0.5) is 4.39 Å². The highest BCUT2D eigenvalue weighted by Crippen LogP contribution is 2.23. The summed E-state index contributed by atoms with van der Waals surface area (Å²) in [4.78, 5) is 0. The molecule has 0 amide bonds. The van der Waals surface area contributed by atoms with Crippen LogP contribution in [0.1, 0.15) is 42.4 Å². The van der Waals surface area contributed by atoms with Crippen LogP contribution in [-0.4, -0.2) is 16.3 Å². The Morgan fingerprint density at radius 1 is 1.29 bits per heavy atom. The van der Waals surface area contributed by atoms with Gasteiger partial charge in [-0.15, -0.1) is 0 Å². The molecule has 0 aliphatic rings. The third-order valence-electron chi connectivity index (χ3n) is 3.86. The predicted molar refractivity (Wildman–Crippen MR) is 83.8 cm³/mol. The van der Waals surface area contributed by atoms with Crippen molar-refractivity contribution >= 4 is 0 Å². The van der Waals surface area contributed by atoms with E-state index >= 15 is 0 Å². The van der Waals surface area contributed by atoms with Crippen LogP contribution in [-0.2, 0) is 19.9 Å². The first kappa shape index (κ1) is 15.7. The van der Waals surface area contributed by atoms with Gasteiger partial charge in [-0.25, -0.2) is 4.39 Å². The second-order valence-corrected chi connectivity index (χ2v) is 5.42. The molecule has 0 bridgehead atoms. The van der Waals surface area contributed by atoms with Gasteiger partial charge in [0.25, 0.3) is 0 Å². The Bertz CT molecular complexity index is 604. The van der Waals surface area contributed by atoms with E-state index in [2.05, 4.69) is 30.3 Å². The van der Waals surface area contributed by atoms with Crippen LogP contribution in [0.25, 0.3) is 0 Å². The molecule has 4 heteroatoms. The fourth-order valence-corrected chi connectivity index (χ4v) is 2.71. The molecule has 0 radical (unpaired) electrons. The smallest absolute Gasteiger partial charge is 0.123 e. The van der Waals surface area contributed by atoms with Crippen LogP contribution >= 0.6 is 0 Å². The van der Waals surface area contributed by atoms with Crippen molar-refractivity contribution in [3.05, 3.63) is 52.6 Å². The number of rotatable bonds is 6. The van der Waals surface area contributed by atoms with Gasteiger partial charge in [-0.3, -0.25) is 4.68 Å². The normalized spacial score (nSPS) is 12.6. The lowest BCUT2D eigenvalue weighted by atomic mass is 9.97. The van der Waals surface area contributed by atoms with Gasteiger partial charge in [-0.1, -0.05) is 19.9 Å². The number of nitrogens with zero attached hydrogens (tertiary/aromatic N) is 2. The average molecular weight is 289 g/mol. The standard InChI is InChI=1S/C17H24FN3/c1-5-14-10-15(21(4)20-14)11-17(19-6-2)16-8-7-13(18)9-12(16)3/h7-10,17,19H,5-6,11H2,1-4H3. The molecule has 0 aliphatic carbocycles. The summed E-state index contributed by atoms with van der Waals surface area (Å²) in [6.07, 6.45) is 1.79. The van der Waals surface area contributed by atoms with Crippen molar-refractivity contribution in [2.24, 2.45) is 7.05 Å². The molecule has 1 aromatic carbocycles. The minimum Gasteiger partial charge on any atom is -0.310 e. The molecule has 0 spiro atoms. The predicted octanol–water partition coefficient (Wildman–Crippen LogP) is 3.32. The van der Waals surface area contributed by atoms with Gasteiger partial charge >= 0.3 is 0 Å². The summed E-state index contributed by atoms with van der Waals surface area (Å²) in [6.45, 7) is 7.04. The molecule has 114 valence electrons. The van der Waals surface area contributed by atoms with Crippen LogP contribution in [0.15, 0.2) is 24.3 Å². The van der Waals surface area contributed by atoms with Gasteiger partial charge in [0.2, 0.25) is 0 Å². The molecule has 1 N–H and O–H groups in total. The van der Waals surface area contributed by atoms with Crippen molar-refractivity contribution < 1.29 is 4.39 Å². The van der Waals surface area contributed by atoms with Crippen molar-refractivity contribution in [1.82, 2.24) is 15.1 Å². The first-order valence-corrected chi connectivity index (χ1v) is 7.56. The molecule has 0 saturated carbocycles. The van der Waals surface area contributed by atoms with Gasteiger partial charge in [0.1, 0.15) is 5.82 Å². The number of hydrogen-bond donors (Lipinski definition) is 1. The first-order chi connectivity index (χ1) is 10.0. The summed E-state index contributed by atoms with van der Waals surface area (Å²) in [5.74, 6) is -0.180. The molecule has 2 rings (SSSR count). The molecule has 0 fully saturated rings. The van der Waals surface area contributed by atoms with Gasteiger partial charge in [-0.05, 0) is 49.2 Å². The minimum atomic E-state index is -0.180. The summed E-state index contributed by atoms with van der Waals surface area (Å²) in [7, 11) is 1.98. The SMILES string of the molecule is CCNC(Cc1cc(CC)nn1C)c1ccc(F)cc1C. The molecule has 1 unspecified atom stereocenters. The van der Waals surface area contributed by atoms with E-state index in [4.69, 9.17) is 0 Å². The zero-order chi connectivity index (χ0) is 15.4. The lowest BCUT2D eigenvalue weighted by molar-refractivity contribution is 0.524. The molecule has 21 heavy (non-hydrogen) atoms. The Hall–Kier alpha value is -1.68. The third-order valence-corrected chi connectivity index (χ3v) is 3.86. The van der Waals surface area contributed by atoms with Crippen molar-refractivity contribution in [3.8, 4) is 0 Å². The Labute approximate surface area is 126 Å². The van der Waals surface area contributed by atoms with E-state index in [0.717, 1.165) is 36.2 Å². The fourth-order valence-electron chi connectivity index (χ4n) is 2.71. The van der Waals surface area contributed by atoms with E-state index in [-0.39, 0.29) is 11.9 Å². The van der Waals surface area contributed by atoms with E-state index in [0.29, 0.717) is 0 Å². The Balaban J connectivity index is 2.28. The molecule has 2 aromatic rings. The highest BCUT2D eigenvalue weighted by molar-refractivity contribution is 5.31. The van der Waals surface area contributed by atoms with Crippen LogP contribution in [0, 0.1) is 12.7 Å². The highest BCUT2D eigenvalue weighted by atomic mass is 19.1. The number of halogens is 1. The van der Waals surface area contributed by atoms with Gasteiger partial charge in [0, 0.05) is 25.2 Å². The second-order valence-electron chi connectivity index (χ2n) is 5.42. The van der Waals surface area contributed by atoms with Gasteiger partial charge in [0.15, 0.2) is 0 Å². The molecular formula is C17H24FN3. The Morgan fingerprint density at radius 3 is 2.62 bits per heavy atom. The third kappa shape index (κ3) is 3.70. The van der Waals surface area contributed by atoms with E-state index in [1.54, 1.807) is 6.07 Å². The van der Waals surface area contributed by atoms with Crippen LogP contribution in [0.5, 0.6) is 0 Å². The summed E-state index contributed by atoms with van der Waals surface area (Å²) in [5, 5.41) is 8.00. The number of likely N-dealkylation sites (N-methyl/N-ethyl adjacent to an activating group) is 1. The maximum atomic E-state index is 13.3. The van der Waals surface area contributed by atoms with Crippen molar-refractivity contribution in [1.29, 1.82) is 0 Å². The second kappa shape index (κ2) is 6.85. The number of nitrogens with one attached hydrogen (secondary N) is 1. The number of aryl methyl sites for hydroxylation is 3. The molecule has 1 aromatic heterocycles. The molecule has 0 saturated heterocycles. The Morgan fingerprint density at radius 2 is 2.05 bits per heavy atom. The summed E-state index contributed by atoms with van der Waals surface area (Å²) < 4.78 is 15.2. The summed E-state index contributed by atoms with van der Waals surface area (Å²) >= 11 is 0. The highest BCUT2D eigenvalue weighted by Gasteiger charge is 2.16. The van der Waals surface area contributed by atoms with Crippen LogP contribution in [0.2, 0.25) is 0 Å². The van der Waals surface area contributed by atoms with E-state index in [9.17, 15) is 4.39 Å². The topological polar surface area (TPSA) is 29.9 Å². The Kier molecular flexibility index (Phi) is 5.12. The lowest BCUT2D eigenvalue weighted by Crippen LogP contribution is -2.24. The van der Waals surface area contributed by atoms with E-state index < -0.39 is 0 Å². The van der Waals surface area contributed by atoms with Crippen molar-refractivity contribution in [2.45, 2.75) is 39.7 Å². The molecule has 0 aliphatic heterocycles. The quantitative estimate of drug-likeness (QED) is 0.884. The zero-order valence-electron chi connectivity index (χ0n) is 13.3. The zero-order valence-corrected chi connectivity index (χ0v) is 13.3. The van der Waals surface area contributed by atoms with E-state index in [1.807, 2.05) is 24.7 Å². The minimum absolute atomic E-state index is 0.177. The van der Waals surface area contributed by atoms with E-state index in [1.165, 1.54) is 11.8 Å². The van der Waals surface area contributed by atoms with Crippen LogP contribution < -0.4 is 5.32 Å². The fraction of sp³-hybridized carbons (Fsp3) is 0.471. The van der Waals surface area contributed by atoms with Crippen LogP contribution in [0.3, 0.4) is 0 Å². The van der Waals surface area contributed by atoms with Crippen molar-refractivity contribution in [3.63, 3.8) is 0 Å². The molecule has 1 heterocycles. The lowest BCUT2D eigenvalue weighted by Gasteiger charge is -2.20. The first-order valence-electron chi connectivity index (χ1n) is 7.56. The summed E-state index contributed by atoms with van der Waals surface area (Å²) in [6, 6.07) is 7.35. The average Bonchev–Trinajstić information content (AvgIpc) is 2.79. The largest absolute Gasteiger partial charge is 0.310 e. The van der Waals surface area contributed by atoms with Gasteiger partial charge in [0.05, 0.1) is 5.69 Å². The molecular weight excluding hydrogens is 265 g/mol. The maximum absolute atomic E-state index is 13.3. The maximum Gasteiger partial charge on any atom is 0.123 e. The number of aromatic nitrogens is 2. The van der Waals surface area contributed by atoms with Gasteiger partial charge in [-0.2, -0.15) is 5.10 Å². The van der Waals surface area contributed by atoms with Gasteiger partial charge < -0.3 is 5.32 Å². The summed E-state index contributed by atoms with van der Waals surface area (Å²) in [5.41, 5.74) is 4.44. The number of hydrogen-bond acceptors (Lipinski definition) is 2. The van der Waals surface area contributed by atoms with Crippen molar-refractivity contribution in [2.75, 3.05) is 6.54 Å². The molecule has 3 nitrogen and oxygen atoms in total. The molecule has 1 atom stereocenters. The number of benzene rings is 1.